The number of pyridine rings is 1. The van der Waals surface area contributed by atoms with E-state index in [1.54, 1.807) is 18.2 Å². The Labute approximate surface area is 318 Å². The fourth-order valence-electron chi connectivity index (χ4n) is 6.19. The van der Waals surface area contributed by atoms with E-state index in [9.17, 15) is 19.5 Å². The third kappa shape index (κ3) is 10.5. The average Bonchev–Trinajstić information content (AvgIpc) is 3.11. The molecular weight excluding hydrogens is 697 g/mol. The topological polar surface area (TPSA) is 156 Å². The van der Waals surface area contributed by atoms with Crippen LogP contribution in [0.4, 0.5) is 10.5 Å². The zero-order valence-electron chi connectivity index (χ0n) is 32.0. The van der Waals surface area contributed by atoms with Gasteiger partial charge < -0.3 is 35.6 Å². The Bertz CT molecular complexity index is 2130. The lowest BCUT2D eigenvalue weighted by Crippen LogP contribution is -2.44. The molecule has 10 nitrogen and oxygen atoms in total. The van der Waals surface area contributed by atoms with Crippen molar-refractivity contribution in [3.8, 4) is 22.6 Å². The Kier molecular flexibility index (Phi) is 12.8. The molecule has 0 aliphatic rings. The van der Waals surface area contributed by atoms with Gasteiger partial charge in [0.05, 0.1) is 11.6 Å². The second-order valence-corrected chi connectivity index (χ2v) is 20.1. The van der Waals surface area contributed by atoms with E-state index in [2.05, 4.69) is 56.4 Å². The number of benzene rings is 4. The number of primary amides is 1. The van der Waals surface area contributed by atoms with E-state index in [0.717, 1.165) is 45.3 Å². The predicted octanol–water partition coefficient (Wildman–Crippen LogP) is 8.60. The van der Waals surface area contributed by atoms with E-state index in [4.69, 9.17) is 14.9 Å². The lowest BCUT2D eigenvalue weighted by atomic mass is 10.00. The summed E-state index contributed by atoms with van der Waals surface area (Å²) in [5.74, 6) is 0.339. The summed E-state index contributed by atoms with van der Waals surface area (Å²) in [6.07, 6.45) is 1.16. The summed E-state index contributed by atoms with van der Waals surface area (Å²) < 4.78 is 12.3. The van der Waals surface area contributed by atoms with Crippen LogP contribution in [0.2, 0.25) is 18.1 Å². The molecule has 2 amide bonds. The zero-order valence-corrected chi connectivity index (χ0v) is 33.0. The van der Waals surface area contributed by atoms with Gasteiger partial charge >= 0.3 is 6.09 Å². The molecule has 0 aliphatic carbocycles. The van der Waals surface area contributed by atoms with Gasteiger partial charge in [0.1, 0.15) is 11.5 Å². The Morgan fingerprint density at radius 3 is 2.31 bits per heavy atom. The molecule has 5 rings (SSSR count). The molecule has 54 heavy (non-hydrogen) atoms. The SMILES string of the molecule is CC(Cc1ccc(NC(=O)CCCc2ccc(-c3ccccc3)c(OC(N)=O)c2)cc1)NC[C@H](O[Si](C)(C)C(C)(C)C)c1ccc(O)c2[nH]c(=O)ccc12. The number of aryl methyl sites for hydroxylation is 1. The van der Waals surface area contributed by atoms with E-state index in [0.29, 0.717) is 37.1 Å². The quantitative estimate of drug-likeness (QED) is 0.0672. The van der Waals surface area contributed by atoms with Gasteiger partial charge in [0.25, 0.3) is 0 Å². The number of ether oxygens (including phenoxy) is 1. The smallest absolute Gasteiger partial charge is 0.409 e. The van der Waals surface area contributed by atoms with Gasteiger partial charge in [0.15, 0.2) is 8.32 Å². The van der Waals surface area contributed by atoms with Crippen LogP contribution in [0.1, 0.15) is 63.3 Å². The molecule has 0 saturated heterocycles. The molecule has 11 heteroatoms. The molecule has 0 aliphatic heterocycles. The summed E-state index contributed by atoms with van der Waals surface area (Å²) in [7, 11) is -2.21. The average molecular weight is 749 g/mol. The fraction of sp³-hybridized carbons (Fsp3) is 0.326. The minimum Gasteiger partial charge on any atom is -0.506 e. The monoisotopic (exact) mass is 748 g/mol. The summed E-state index contributed by atoms with van der Waals surface area (Å²) >= 11 is 0. The van der Waals surface area contributed by atoms with Crippen LogP contribution in [-0.4, -0.2) is 43.0 Å². The molecule has 0 radical (unpaired) electrons. The number of H-pyrrole nitrogens is 1. The summed E-state index contributed by atoms with van der Waals surface area (Å²) in [6.45, 7) is 13.7. The summed E-state index contributed by atoms with van der Waals surface area (Å²) in [4.78, 5) is 39.2. The number of carbonyl (C=O) groups is 2. The maximum Gasteiger partial charge on any atom is 0.409 e. The number of phenolic OH excluding ortho intramolecular Hbond substituents is 1. The number of nitrogens with one attached hydrogen (secondary N) is 3. The van der Waals surface area contributed by atoms with Gasteiger partial charge in [0, 0.05) is 41.7 Å². The van der Waals surface area contributed by atoms with E-state index in [1.165, 1.54) is 6.07 Å². The highest BCUT2D eigenvalue weighted by Gasteiger charge is 2.40. The maximum atomic E-state index is 12.8. The Morgan fingerprint density at radius 2 is 1.63 bits per heavy atom. The van der Waals surface area contributed by atoms with E-state index in [-0.39, 0.29) is 34.4 Å². The van der Waals surface area contributed by atoms with Gasteiger partial charge in [-0.15, -0.1) is 0 Å². The molecule has 6 N–H and O–H groups in total. The first-order chi connectivity index (χ1) is 25.6. The van der Waals surface area contributed by atoms with Crippen molar-refractivity contribution in [2.24, 2.45) is 5.73 Å². The number of carbonyl (C=O) groups excluding carboxylic acids is 2. The van der Waals surface area contributed by atoms with Gasteiger partial charge in [-0.3, -0.25) is 9.59 Å². The number of fused-ring (bicyclic) bond motifs is 1. The molecule has 0 fully saturated rings. The van der Waals surface area contributed by atoms with Crippen LogP contribution in [0.15, 0.2) is 102 Å². The summed E-state index contributed by atoms with van der Waals surface area (Å²) in [5.41, 5.74) is 10.8. The molecule has 1 heterocycles. The highest BCUT2D eigenvalue weighted by molar-refractivity contribution is 6.74. The number of aromatic amines is 1. The molecule has 4 aromatic carbocycles. The van der Waals surface area contributed by atoms with Crippen LogP contribution >= 0.6 is 0 Å². The zero-order chi connectivity index (χ0) is 39.0. The third-order valence-electron chi connectivity index (χ3n) is 10.1. The normalized spacial score (nSPS) is 13.0. The van der Waals surface area contributed by atoms with Gasteiger partial charge in [-0.1, -0.05) is 81.4 Å². The van der Waals surface area contributed by atoms with E-state index < -0.39 is 14.4 Å². The van der Waals surface area contributed by atoms with Crippen molar-refractivity contribution in [1.82, 2.24) is 10.3 Å². The van der Waals surface area contributed by atoms with Crippen LogP contribution in [-0.2, 0) is 22.1 Å². The molecule has 1 unspecified atom stereocenters. The second kappa shape index (κ2) is 17.3. The minimum atomic E-state index is -2.21. The van der Waals surface area contributed by atoms with Gasteiger partial charge in [-0.05, 0) is 96.9 Å². The third-order valence-corrected chi connectivity index (χ3v) is 14.6. The Morgan fingerprint density at radius 1 is 0.926 bits per heavy atom. The highest BCUT2D eigenvalue weighted by atomic mass is 28.4. The number of hydrogen-bond acceptors (Lipinski definition) is 7. The number of aromatic hydroxyl groups is 1. The van der Waals surface area contributed by atoms with E-state index >= 15 is 0 Å². The summed E-state index contributed by atoms with van der Waals surface area (Å²) in [5, 5.41) is 17.9. The molecule has 0 spiro atoms. The largest absolute Gasteiger partial charge is 0.506 e. The number of amides is 2. The molecule has 284 valence electrons. The maximum absolute atomic E-state index is 12.8. The molecule has 1 aromatic heterocycles. The number of rotatable bonds is 15. The first-order valence-corrected chi connectivity index (χ1v) is 21.3. The predicted molar refractivity (Wildman–Crippen MR) is 219 cm³/mol. The van der Waals surface area contributed by atoms with Gasteiger partial charge in [0.2, 0.25) is 11.5 Å². The van der Waals surface area contributed by atoms with Crippen molar-refractivity contribution in [3.05, 3.63) is 124 Å². The number of phenols is 1. The number of nitrogens with two attached hydrogens (primary N) is 1. The van der Waals surface area contributed by atoms with Crippen molar-refractivity contribution in [3.63, 3.8) is 0 Å². The van der Waals surface area contributed by atoms with Crippen molar-refractivity contribution >= 4 is 36.9 Å². The molecule has 5 aromatic rings. The molecule has 0 saturated carbocycles. The summed E-state index contributed by atoms with van der Waals surface area (Å²) in [6, 6.07) is 30.0. The van der Waals surface area contributed by atoms with Gasteiger partial charge in [-0.2, -0.15) is 0 Å². The molecular formula is C43H52N4O6Si. The lowest BCUT2D eigenvalue weighted by molar-refractivity contribution is -0.116. The highest BCUT2D eigenvalue weighted by Crippen LogP contribution is 2.41. The van der Waals surface area contributed by atoms with Crippen molar-refractivity contribution in [1.29, 1.82) is 0 Å². The van der Waals surface area contributed by atoms with Crippen LogP contribution in [0.5, 0.6) is 11.5 Å². The number of anilines is 1. The van der Waals surface area contributed by atoms with Crippen LogP contribution in [0, 0.1) is 0 Å². The Balaban J connectivity index is 1.16. The second-order valence-electron chi connectivity index (χ2n) is 15.4. The first-order valence-electron chi connectivity index (χ1n) is 18.4. The fourth-order valence-corrected chi connectivity index (χ4v) is 7.47. The minimum absolute atomic E-state index is 0.0171. The first kappa shape index (κ1) is 40.0. The lowest BCUT2D eigenvalue weighted by Gasteiger charge is -2.40. The number of hydrogen-bond donors (Lipinski definition) is 5. The number of aromatic nitrogens is 1. The van der Waals surface area contributed by atoms with Crippen LogP contribution in [0.3, 0.4) is 0 Å². The Hall–Kier alpha value is -5.23. The van der Waals surface area contributed by atoms with Crippen molar-refractivity contribution in [2.75, 3.05) is 11.9 Å². The standard InChI is InChI=1S/C43H52N4O6Si/c1-28(45-27-38(53-54(5,6)43(2,3)4)34-21-23-36(48)41-35(34)22-24-40(50)47-41)25-30-15-18-32(19-16-30)46-39(49)14-10-11-29-17-20-33(31-12-8-7-9-13-31)37(26-29)52-42(44)51/h7-9,12-13,15-24,26,28,38,45,48H,10-11,14,25,27H2,1-6H3,(H2,44,51)(H,46,49)(H,47,50)/t28?,38-/m0/s1. The molecule has 2 atom stereocenters. The van der Waals surface area contributed by atoms with Crippen LogP contribution in [0.25, 0.3) is 22.0 Å². The molecule has 0 bridgehead atoms. The van der Waals surface area contributed by atoms with Gasteiger partial charge in [-0.25, -0.2) is 4.79 Å². The van der Waals surface area contributed by atoms with E-state index in [1.807, 2.05) is 72.8 Å². The van der Waals surface area contributed by atoms with Crippen molar-refractivity contribution < 1.29 is 23.9 Å². The van der Waals surface area contributed by atoms with Crippen molar-refractivity contribution in [2.45, 2.75) is 83.7 Å². The van der Waals surface area contributed by atoms with Crippen LogP contribution < -0.4 is 26.7 Å².